The molecule has 100 valence electrons. The molecule has 19 heavy (non-hydrogen) atoms. The van der Waals surface area contributed by atoms with Gasteiger partial charge in [-0.15, -0.1) is 0 Å². The monoisotopic (exact) mass is 261 g/mol. The minimum Gasteiger partial charge on any atom is -0.506 e. The second-order valence-corrected chi connectivity index (χ2v) is 4.86. The molecule has 0 bridgehead atoms. The van der Waals surface area contributed by atoms with Crippen molar-refractivity contribution in [2.45, 2.75) is 20.4 Å². The summed E-state index contributed by atoms with van der Waals surface area (Å²) in [5, 5.41) is 19.4. The van der Waals surface area contributed by atoms with Gasteiger partial charge in [0.2, 0.25) is 0 Å². The molecule has 0 fully saturated rings. The van der Waals surface area contributed by atoms with Crippen molar-refractivity contribution in [2.24, 2.45) is 5.92 Å². The van der Waals surface area contributed by atoms with Gasteiger partial charge in [-0.05, 0) is 18.1 Å². The second kappa shape index (κ2) is 4.76. The van der Waals surface area contributed by atoms with Gasteiger partial charge in [0, 0.05) is 11.9 Å². The summed E-state index contributed by atoms with van der Waals surface area (Å²) in [6, 6.07) is 6.74. The second-order valence-electron chi connectivity index (χ2n) is 4.86. The average Bonchev–Trinajstić information content (AvgIpc) is 2.34. The predicted octanol–water partition coefficient (Wildman–Crippen LogP) is 2.06. The summed E-state index contributed by atoms with van der Waals surface area (Å²) >= 11 is 0. The van der Waals surface area contributed by atoms with E-state index in [0.717, 1.165) is 0 Å². The number of carboxylic acid groups (broad SMARTS) is 1. The van der Waals surface area contributed by atoms with Gasteiger partial charge in [-0.25, -0.2) is 4.79 Å². The quantitative estimate of drug-likeness (QED) is 0.886. The molecule has 0 saturated carbocycles. The van der Waals surface area contributed by atoms with Crippen molar-refractivity contribution in [1.29, 1.82) is 0 Å². The van der Waals surface area contributed by atoms with Crippen molar-refractivity contribution in [1.82, 2.24) is 4.57 Å². The normalized spacial score (nSPS) is 11.1. The highest BCUT2D eigenvalue weighted by atomic mass is 16.4. The van der Waals surface area contributed by atoms with E-state index < -0.39 is 22.8 Å². The highest BCUT2D eigenvalue weighted by Crippen LogP contribution is 2.26. The Labute approximate surface area is 109 Å². The Morgan fingerprint density at radius 3 is 2.53 bits per heavy atom. The topological polar surface area (TPSA) is 79.5 Å². The predicted molar refractivity (Wildman–Crippen MR) is 71.7 cm³/mol. The summed E-state index contributed by atoms with van der Waals surface area (Å²) in [5.41, 5.74) is -0.694. The standard InChI is InChI=1S/C14H15NO4/c1-8(2)7-15-10-6-4-3-5-9(10)12(16)11(13(15)17)14(18)19/h3-6,8,16H,7H2,1-2H3,(H,18,19). The third-order valence-electron chi connectivity index (χ3n) is 2.91. The van der Waals surface area contributed by atoms with E-state index in [1.807, 2.05) is 13.8 Å². The van der Waals surface area contributed by atoms with Crippen LogP contribution < -0.4 is 5.56 Å². The number of aromatic nitrogens is 1. The minimum absolute atomic E-state index is 0.187. The number of pyridine rings is 1. The van der Waals surface area contributed by atoms with E-state index in [4.69, 9.17) is 5.11 Å². The molecule has 1 aromatic carbocycles. The van der Waals surface area contributed by atoms with Crippen LogP contribution >= 0.6 is 0 Å². The molecule has 2 aromatic rings. The zero-order valence-electron chi connectivity index (χ0n) is 10.8. The van der Waals surface area contributed by atoms with Crippen molar-refractivity contribution >= 4 is 16.9 Å². The average molecular weight is 261 g/mol. The van der Waals surface area contributed by atoms with Crippen molar-refractivity contribution in [2.75, 3.05) is 0 Å². The Kier molecular flexibility index (Phi) is 3.29. The lowest BCUT2D eigenvalue weighted by molar-refractivity contribution is 0.0691. The Morgan fingerprint density at radius 2 is 1.95 bits per heavy atom. The van der Waals surface area contributed by atoms with Crippen LogP contribution in [0.4, 0.5) is 0 Å². The van der Waals surface area contributed by atoms with E-state index in [9.17, 15) is 14.7 Å². The number of benzene rings is 1. The molecule has 0 aliphatic heterocycles. The first-order valence-electron chi connectivity index (χ1n) is 6.01. The fraction of sp³-hybridized carbons (Fsp3) is 0.286. The Balaban J connectivity index is 2.92. The van der Waals surface area contributed by atoms with E-state index in [0.29, 0.717) is 17.4 Å². The lowest BCUT2D eigenvalue weighted by Gasteiger charge is -2.15. The molecule has 0 aliphatic rings. The molecule has 0 amide bonds. The molecule has 0 spiro atoms. The van der Waals surface area contributed by atoms with E-state index in [1.54, 1.807) is 24.3 Å². The molecule has 5 nitrogen and oxygen atoms in total. The van der Waals surface area contributed by atoms with E-state index in [-0.39, 0.29) is 5.92 Å². The lowest BCUT2D eigenvalue weighted by atomic mass is 10.1. The van der Waals surface area contributed by atoms with Crippen LogP contribution in [0.3, 0.4) is 0 Å². The Bertz CT molecular complexity index is 700. The van der Waals surface area contributed by atoms with Crippen LogP contribution in [0.5, 0.6) is 5.75 Å². The lowest BCUT2D eigenvalue weighted by Crippen LogP contribution is -2.28. The van der Waals surface area contributed by atoms with Gasteiger partial charge in [0.05, 0.1) is 5.52 Å². The molecule has 2 rings (SSSR count). The molecule has 2 N–H and O–H groups in total. The van der Waals surface area contributed by atoms with Gasteiger partial charge < -0.3 is 14.8 Å². The van der Waals surface area contributed by atoms with Gasteiger partial charge in [-0.1, -0.05) is 26.0 Å². The number of aromatic hydroxyl groups is 1. The molecule has 0 unspecified atom stereocenters. The highest BCUT2D eigenvalue weighted by molar-refractivity contribution is 5.98. The number of rotatable bonds is 3. The molecule has 1 aromatic heterocycles. The molecule has 0 saturated heterocycles. The first kappa shape index (κ1) is 13.1. The van der Waals surface area contributed by atoms with Crippen molar-refractivity contribution in [3.05, 3.63) is 40.2 Å². The van der Waals surface area contributed by atoms with Crippen LogP contribution in [0.1, 0.15) is 24.2 Å². The zero-order chi connectivity index (χ0) is 14.2. The van der Waals surface area contributed by atoms with Crippen molar-refractivity contribution < 1.29 is 15.0 Å². The molecule has 5 heteroatoms. The number of carbonyl (C=O) groups is 1. The largest absolute Gasteiger partial charge is 0.506 e. The van der Waals surface area contributed by atoms with Gasteiger partial charge in [0.15, 0.2) is 5.56 Å². The summed E-state index contributed by atoms with van der Waals surface area (Å²) in [4.78, 5) is 23.4. The van der Waals surface area contributed by atoms with E-state index in [1.165, 1.54) is 4.57 Å². The third kappa shape index (κ3) is 2.19. The maximum atomic E-state index is 12.2. The third-order valence-corrected chi connectivity index (χ3v) is 2.91. The van der Waals surface area contributed by atoms with Gasteiger partial charge in [-0.3, -0.25) is 4.79 Å². The summed E-state index contributed by atoms with van der Waals surface area (Å²) < 4.78 is 1.41. The number of para-hydroxylation sites is 1. The number of aromatic carboxylic acids is 1. The van der Waals surface area contributed by atoms with Crippen LogP contribution in [0, 0.1) is 5.92 Å². The summed E-state index contributed by atoms with van der Waals surface area (Å²) in [5.74, 6) is -1.69. The van der Waals surface area contributed by atoms with Crippen LogP contribution in [0.2, 0.25) is 0 Å². The first-order chi connectivity index (χ1) is 8.93. The van der Waals surface area contributed by atoms with Gasteiger partial charge in [0.1, 0.15) is 5.75 Å². The number of fused-ring (bicyclic) bond motifs is 1. The smallest absolute Gasteiger partial charge is 0.345 e. The van der Waals surface area contributed by atoms with Crippen LogP contribution in [-0.2, 0) is 6.54 Å². The number of nitrogens with zero attached hydrogens (tertiary/aromatic N) is 1. The molecule has 1 heterocycles. The first-order valence-corrected chi connectivity index (χ1v) is 6.01. The molecular weight excluding hydrogens is 246 g/mol. The van der Waals surface area contributed by atoms with Gasteiger partial charge in [-0.2, -0.15) is 0 Å². The maximum Gasteiger partial charge on any atom is 0.345 e. The Hall–Kier alpha value is -2.30. The fourth-order valence-electron chi connectivity index (χ4n) is 2.13. The molecule has 0 aliphatic carbocycles. The number of carboxylic acids is 1. The van der Waals surface area contributed by atoms with Crippen LogP contribution in [-0.4, -0.2) is 20.7 Å². The summed E-state index contributed by atoms with van der Waals surface area (Å²) in [6.07, 6.45) is 0. The maximum absolute atomic E-state index is 12.2. The highest BCUT2D eigenvalue weighted by Gasteiger charge is 2.21. The SMILES string of the molecule is CC(C)Cn1c(=O)c(C(=O)O)c(O)c2ccccc21. The van der Waals surface area contributed by atoms with Gasteiger partial charge >= 0.3 is 5.97 Å². The number of hydrogen-bond acceptors (Lipinski definition) is 3. The summed E-state index contributed by atoms with van der Waals surface area (Å²) in [7, 11) is 0. The Morgan fingerprint density at radius 1 is 1.32 bits per heavy atom. The van der Waals surface area contributed by atoms with E-state index >= 15 is 0 Å². The van der Waals surface area contributed by atoms with Crippen LogP contribution in [0.15, 0.2) is 29.1 Å². The van der Waals surface area contributed by atoms with Crippen molar-refractivity contribution in [3.8, 4) is 5.75 Å². The van der Waals surface area contributed by atoms with Crippen LogP contribution in [0.25, 0.3) is 10.9 Å². The molecule has 0 atom stereocenters. The minimum atomic E-state index is -1.41. The van der Waals surface area contributed by atoms with E-state index in [2.05, 4.69) is 0 Å². The molecular formula is C14H15NO4. The fourth-order valence-corrected chi connectivity index (χ4v) is 2.13. The van der Waals surface area contributed by atoms with Crippen molar-refractivity contribution in [3.63, 3.8) is 0 Å². The molecule has 0 radical (unpaired) electrons. The zero-order valence-corrected chi connectivity index (χ0v) is 10.8. The summed E-state index contributed by atoms with van der Waals surface area (Å²) in [6.45, 7) is 4.28. The number of hydrogen-bond donors (Lipinski definition) is 2. The van der Waals surface area contributed by atoms with Gasteiger partial charge in [0.25, 0.3) is 5.56 Å².